The van der Waals surface area contributed by atoms with E-state index in [1.807, 2.05) is 0 Å². The van der Waals surface area contributed by atoms with E-state index in [0.717, 1.165) is 6.07 Å². The number of thiophene rings is 1. The Morgan fingerprint density at radius 2 is 2.10 bits per heavy atom. The van der Waals surface area contributed by atoms with Crippen LogP contribution in [0.5, 0.6) is 0 Å². The van der Waals surface area contributed by atoms with Crippen molar-refractivity contribution in [2.24, 2.45) is 0 Å². The van der Waals surface area contributed by atoms with E-state index in [4.69, 9.17) is 11.6 Å². The first-order chi connectivity index (χ1) is 9.38. The number of nitrogens with zero attached hydrogens (tertiary/aromatic N) is 3. The maximum atomic E-state index is 12.9. The predicted octanol–water partition coefficient (Wildman–Crippen LogP) is 4.44. The summed E-state index contributed by atoms with van der Waals surface area (Å²) in [4.78, 5) is 4.25. The van der Waals surface area contributed by atoms with Gasteiger partial charge in [-0.1, -0.05) is 17.7 Å². The number of aromatic nitrogens is 3. The quantitative estimate of drug-likeness (QED) is 0.664. The standard InChI is InChI=1S/C12H7ClF3N3S/c1-6-10(13)11-17-9(12(14,15)16)5-7(19(11)18-6)8-3-2-4-20-8/h2-5H,1H3. The summed E-state index contributed by atoms with van der Waals surface area (Å²) in [6, 6.07) is 4.48. The predicted molar refractivity (Wildman–Crippen MR) is 71.0 cm³/mol. The molecule has 0 saturated heterocycles. The van der Waals surface area contributed by atoms with E-state index in [9.17, 15) is 13.2 Å². The molecule has 20 heavy (non-hydrogen) atoms. The topological polar surface area (TPSA) is 30.2 Å². The molecule has 3 heterocycles. The Kier molecular flexibility index (Phi) is 2.98. The van der Waals surface area contributed by atoms with Crippen molar-refractivity contribution >= 4 is 28.6 Å². The van der Waals surface area contributed by atoms with Gasteiger partial charge in [0.1, 0.15) is 10.7 Å². The molecule has 0 spiro atoms. The highest BCUT2D eigenvalue weighted by Crippen LogP contribution is 2.34. The Morgan fingerprint density at radius 1 is 1.35 bits per heavy atom. The number of hydrogen-bond donors (Lipinski definition) is 0. The molecule has 8 heteroatoms. The van der Waals surface area contributed by atoms with Crippen molar-refractivity contribution in [2.45, 2.75) is 13.1 Å². The fraction of sp³-hybridized carbons (Fsp3) is 0.167. The Balaban J connectivity index is 2.40. The molecule has 0 atom stereocenters. The monoisotopic (exact) mass is 317 g/mol. The lowest BCUT2D eigenvalue weighted by molar-refractivity contribution is -0.141. The lowest BCUT2D eigenvalue weighted by Crippen LogP contribution is -2.10. The summed E-state index contributed by atoms with van der Waals surface area (Å²) >= 11 is 7.31. The molecule has 0 fully saturated rings. The minimum absolute atomic E-state index is 0.0161. The van der Waals surface area contributed by atoms with Crippen LogP contribution in [0.1, 0.15) is 11.4 Å². The first kappa shape index (κ1) is 13.4. The van der Waals surface area contributed by atoms with Crippen molar-refractivity contribution in [3.05, 3.63) is 40.0 Å². The second-order valence-electron chi connectivity index (χ2n) is 4.14. The van der Waals surface area contributed by atoms with Crippen LogP contribution in [0.3, 0.4) is 0 Å². The summed E-state index contributed by atoms with van der Waals surface area (Å²) in [5.41, 5.74) is -0.193. The van der Waals surface area contributed by atoms with Gasteiger partial charge in [-0.3, -0.25) is 0 Å². The van der Waals surface area contributed by atoms with Crippen LogP contribution in [0.25, 0.3) is 16.2 Å². The molecule has 0 unspecified atom stereocenters. The number of hydrogen-bond acceptors (Lipinski definition) is 3. The van der Waals surface area contributed by atoms with Crippen molar-refractivity contribution in [1.82, 2.24) is 14.6 Å². The molecule has 3 rings (SSSR count). The molecule has 0 amide bonds. The first-order valence-electron chi connectivity index (χ1n) is 5.55. The zero-order valence-corrected chi connectivity index (χ0v) is 11.6. The van der Waals surface area contributed by atoms with Gasteiger partial charge in [-0.05, 0) is 24.4 Å². The third-order valence-electron chi connectivity index (χ3n) is 2.76. The van der Waals surface area contributed by atoms with E-state index in [0.29, 0.717) is 16.3 Å². The van der Waals surface area contributed by atoms with Gasteiger partial charge in [-0.2, -0.15) is 18.3 Å². The second kappa shape index (κ2) is 4.46. The van der Waals surface area contributed by atoms with E-state index in [-0.39, 0.29) is 10.7 Å². The Bertz CT molecular complexity index is 777. The van der Waals surface area contributed by atoms with Crippen molar-refractivity contribution in [2.75, 3.05) is 0 Å². The Morgan fingerprint density at radius 3 is 2.70 bits per heavy atom. The summed E-state index contributed by atoms with van der Waals surface area (Å²) in [5, 5.41) is 6.07. The fourth-order valence-corrected chi connectivity index (χ4v) is 2.73. The van der Waals surface area contributed by atoms with Gasteiger partial charge in [-0.15, -0.1) is 11.3 Å². The highest BCUT2D eigenvalue weighted by Gasteiger charge is 2.34. The maximum Gasteiger partial charge on any atom is 0.433 e. The molecule has 0 aliphatic heterocycles. The van der Waals surface area contributed by atoms with E-state index in [1.165, 1.54) is 15.9 Å². The van der Waals surface area contributed by atoms with Crippen LogP contribution >= 0.6 is 22.9 Å². The van der Waals surface area contributed by atoms with Crippen LogP contribution in [0.4, 0.5) is 13.2 Å². The zero-order chi connectivity index (χ0) is 14.5. The summed E-state index contributed by atoms with van der Waals surface area (Å²) < 4.78 is 40.2. The second-order valence-corrected chi connectivity index (χ2v) is 5.46. The SMILES string of the molecule is Cc1nn2c(-c3cccs3)cc(C(F)(F)F)nc2c1Cl. The van der Waals surface area contributed by atoms with Crippen molar-refractivity contribution in [1.29, 1.82) is 0 Å². The summed E-state index contributed by atoms with van der Waals surface area (Å²) in [6.45, 7) is 1.63. The lowest BCUT2D eigenvalue weighted by atomic mass is 10.2. The Labute approximate surface area is 120 Å². The minimum atomic E-state index is -4.53. The normalized spacial score (nSPS) is 12.2. The van der Waals surface area contributed by atoms with Gasteiger partial charge < -0.3 is 0 Å². The van der Waals surface area contributed by atoms with Gasteiger partial charge in [0.25, 0.3) is 0 Å². The summed E-state index contributed by atoms with van der Waals surface area (Å²) in [7, 11) is 0. The molecule has 3 nitrogen and oxygen atoms in total. The number of rotatable bonds is 1. The summed E-state index contributed by atoms with van der Waals surface area (Å²) in [5.74, 6) is 0. The van der Waals surface area contributed by atoms with Crippen molar-refractivity contribution in [3.8, 4) is 10.6 Å². The zero-order valence-electron chi connectivity index (χ0n) is 10.1. The number of fused-ring (bicyclic) bond motifs is 1. The molecular weight excluding hydrogens is 311 g/mol. The maximum absolute atomic E-state index is 12.9. The Hall–Kier alpha value is -1.60. The van der Waals surface area contributed by atoms with Gasteiger partial charge in [0.05, 0.1) is 16.3 Å². The average Bonchev–Trinajstić information content (AvgIpc) is 2.98. The fourth-order valence-electron chi connectivity index (χ4n) is 1.84. The van der Waals surface area contributed by atoms with Crippen LogP contribution < -0.4 is 0 Å². The third kappa shape index (κ3) is 2.06. The largest absolute Gasteiger partial charge is 0.433 e. The minimum Gasteiger partial charge on any atom is -0.223 e. The number of aryl methyl sites for hydroxylation is 1. The molecule has 0 N–H and O–H groups in total. The molecule has 0 aliphatic rings. The van der Waals surface area contributed by atoms with Crippen molar-refractivity contribution in [3.63, 3.8) is 0 Å². The van der Waals surface area contributed by atoms with Crippen LogP contribution in [0.2, 0.25) is 5.02 Å². The molecule has 0 aliphatic carbocycles. The molecule has 3 aromatic rings. The van der Waals surface area contributed by atoms with Crippen LogP contribution in [0.15, 0.2) is 23.6 Å². The average molecular weight is 318 g/mol. The molecule has 0 aromatic carbocycles. The van der Waals surface area contributed by atoms with Crippen LogP contribution in [0, 0.1) is 6.92 Å². The molecular formula is C12H7ClF3N3S. The molecule has 104 valence electrons. The molecule has 0 bridgehead atoms. The van der Waals surface area contributed by atoms with Gasteiger partial charge >= 0.3 is 6.18 Å². The molecule has 0 saturated carbocycles. The van der Waals surface area contributed by atoms with E-state index in [2.05, 4.69) is 10.1 Å². The van der Waals surface area contributed by atoms with Crippen molar-refractivity contribution < 1.29 is 13.2 Å². The third-order valence-corrected chi connectivity index (χ3v) is 4.09. The summed E-state index contributed by atoms with van der Waals surface area (Å²) in [6.07, 6.45) is -4.53. The van der Waals surface area contributed by atoms with Gasteiger partial charge in [0.2, 0.25) is 0 Å². The highest BCUT2D eigenvalue weighted by atomic mass is 35.5. The number of alkyl halides is 3. The van der Waals surface area contributed by atoms with Gasteiger partial charge in [-0.25, -0.2) is 9.50 Å². The van der Waals surface area contributed by atoms with Gasteiger partial charge in [0.15, 0.2) is 5.65 Å². The first-order valence-corrected chi connectivity index (χ1v) is 6.80. The number of halogens is 4. The molecule has 3 aromatic heterocycles. The van der Waals surface area contributed by atoms with E-state index >= 15 is 0 Å². The van der Waals surface area contributed by atoms with E-state index < -0.39 is 11.9 Å². The lowest BCUT2D eigenvalue weighted by Gasteiger charge is -2.09. The van der Waals surface area contributed by atoms with Crippen LogP contribution in [-0.2, 0) is 6.18 Å². The highest BCUT2D eigenvalue weighted by molar-refractivity contribution is 7.13. The van der Waals surface area contributed by atoms with Gasteiger partial charge in [0, 0.05) is 0 Å². The molecule has 0 radical (unpaired) electrons. The smallest absolute Gasteiger partial charge is 0.223 e. The van der Waals surface area contributed by atoms with Crippen LogP contribution in [-0.4, -0.2) is 14.6 Å². The van der Waals surface area contributed by atoms with E-state index in [1.54, 1.807) is 24.4 Å².